The number of ketones is 4. The fraction of sp³-hybridized carbons (Fsp3) is 0.831. The van der Waals surface area contributed by atoms with Gasteiger partial charge in [0.05, 0.1) is 47.8 Å². The molecule has 29 heteroatoms. The van der Waals surface area contributed by atoms with Gasteiger partial charge in [0.25, 0.3) is 0 Å². The summed E-state index contributed by atoms with van der Waals surface area (Å²) in [5.74, 6) is -0.847. The van der Waals surface area contributed by atoms with E-state index in [1.54, 1.807) is 9.80 Å². The van der Waals surface area contributed by atoms with E-state index in [0.29, 0.717) is 88.9 Å². The van der Waals surface area contributed by atoms with Crippen LogP contribution >= 0.6 is 0 Å². The maximum Gasteiger partial charge on any atom is 0.410 e. The lowest BCUT2D eigenvalue weighted by Crippen LogP contribution is -2.44. The molecule has 5 aliphatic rings. The van der Waals surface area contributed by atoms with Gasteiger partial charge >= 0.3 is 60.5 Å². The number of carbonyl (C=O) groups is 13. The molecule has 1 aromatic rings. The van der Waals surface area contributed by atoms with Crippen LogP contribution in [0.2, 0.25) is 0 Å². The SMILES string of the molecule is CCCCC[C@@H](C)CC(=O)[C@@H]1C[C@@H](C)CN1C(=O)OC(C)(C)C.CCCCC[C@H](CC(=O)[C@@H]1C[C@@H](C)CN1C(=O)OC(C)(C)C)C(=O)OC(C)(C)C.CCCCC[C@H](CC(=O)[C@@H]1C[C@@H](C)CN1C(=O)OC(C)(C)C)C(=O)OC(C)(C)C.CCCCC[C@H](CC(=O)[C@@H]1C[C@@H](Cc2ccccc2)CN1C(=O)OC(C)(C)C)C(=O)OC(C)(C)C.CCCCC[C@H](CC[C@@H]1C[C@@H](C)CN1C(=O)OC(C)(C)C)C(=O)OC(C)(C)C.O=C=O. The van der Waals surface area contributed by atoms with E-state index >= 15 is 0 Å². The first-order valence-electron chi connectivity index (χ1n) is 55.7. The van der Waals surface area contributed by atoms with Crippen LogP contribution in [0.15, 0.2) is 30.3 Å². The number of esters is 4. The van der Waals surface area contributed by atoms with Gasteiger partial charge in [-0.2, -0.15) is 9.59 Å². The van der Waals surface area contributed by atoms with Crippen molar-refractivity contribution in [1.82, 2.24) is 24.5 Å². The lowest BCUT2D eigenvalue weighted by Gasteiger charge is -2.29. The molecule has 5 saturated heterocycles. The number of ether oxygens (including phenoxy) is 9. The second kappa shape index (κ2) is 64.4. The fourth-order valence-electron chi connectivity index (χ4n) is 18.7. The van der Waals surface area contributed by atoms with E-state index in [1.807, 2.05) is 224 Å². The summed E-state index contributed by atoms with van der Waals surface area (Å²) >= 11 is 0. The summed E-state index contributed by atoms with van der Waals surface area (Å²) in [6.45, 7) is 73.8. The molecule has 29 nitrogen and oxygen atoms in total. The summed E-state index contributed by atoms with van der Waals surface area (Å²) in [5, 5.41) is 0. The summed E-state index contributed by atoms with van der Waals surface area (Å²) in [4.78, 5) is 191. The Bertz CT molecular complexity index is 4070. The van der Waals surface area contributed by atoms with Crippen molar-refractivity contribution in [3.05, 3.63) is 35.9 Å². The molecule has 1 aromatic carbocycles. The molecular weight excluding hydrogens is 1870 g/mol. The number of carbonyl (C=O) groups excluding carboxylic acids is 15. The minimum atomic E-state index is -0.651. The maximum absolute atomic E-state index is 13.6. The lowest BCUT2D eigenvalue weighted by atomic mass is 9.90. The van der Waals surface area contributed by atoms with Crippen molar-refractivity contribution in [2.45, 2.75) is 542 Å². The third-order valence-electron chi connectivity index (χ3n) is 25.2. The van der Waals surface area contributed by atoms with Crippen molar-refractivity contribution in [2.75, 3.05) is 32.7 Å². The zero-order valence-corrected chi connectivity index (χ0v) is 98.7. The van der Waals surface area contributed by atoms with Gasteiger partial charge in [0, 0.05) is 64.4 Å². The summed E-state index contributed by atoms with van der Waals surface area (Å²) in [6, 6.07) is 8.31. The number of benzene rings is 1. The molecule has 846 valence electrons. The average molecular weight is 2080 g/mol. The van der Waals surface area contributed by atoms with Crippen molar-refractivity contribution in [3.63, 3.8) is 0 Å². The van der Waals surface area contributed by atoms with Crippen LogP contribution < -0.4 is 0 Å². The highest BCUT2D eigenvalue weighted by atomic mass is 16.6. The first kappa shape index (κ1) is 137. The molecule has 0 aromatic heterocycles. The molecule has 0 bridgehead atoms. The van der Waals surface area contributed by atoms with Crippen molar-refractivity contribution in [2.24, 2.45) is 59.2 Å². The topological polar surface area (TPSA) is 355 Å². The number of unbranched alkanes of at least 4 members (excludes halogenated alkanes) is 10. The Kier molecular flexibility index (Phi) is 59.8. The Morgan fingerprint density at radius 1 is 0.293 bits per heavy atom. The van der Waals surface area contributed by atoms with Gasteiger partial charge < -0.3 is 47.5 Å². The Hall–Kier alpha value is -8.49. The Morgan fingerprint density at radius 2 is 0.524 bits per heavy atom. The highest BCUT2D eigenvalue weighted by molar-refractivity contribution is 5.93. The second-order valence-corrected chi connectivity index (χ2v) is 51.4. The van der Waals surface area contributed by atoms with E-state index in [4.69, 9.17) is 52.2 Å². The Labute approximate surface area is 888 Å². The quantitative estimate of drug-likeness (QED) is 0.0334. The predicted molar refractivity (Wildman–Crippen MR) is 577 cm³/mol. The Balaban J connectivity index is 0.000000917. The summed E-state index contributed by atoms with van der Waals surface area (Å²) in [5.41, 5.74) is -3.98. The molecule has 5 fully saturated rings. The number of likely N-dealkylation sites (tertiary alicyclic amines) is 5. The van der Waals surface area contributed by atoms with Crippen LogP contribution in [0, 0.1) is 59.2 Å². The molecular formula is C118H205N5O24. The minimum absolute atomic E-state index is 0.0763. The number of hydrogen-bond acceptors (Lipinski definition) is 24. The van der Waals surface area contributed by atoms with Gasteiger partial charge in [0.1, 0.15) is 50.4 Å². The van der Waals surface area contributed by atoms with Gasteiger partial charge in [-0.15, -0.1) is 0 Å². The van der Waals surface area contributed by atoms with E-state index in [0.717, 1.165) is 129 Å². The minimum Gasteiger partial charge on any atom is -0.460 e. The van der Waals surface area contributed by atoms with E-state index < -0.39 is 105 Å². The number of Topliss-reactive ketones (excluding diaryl/α,β-unsaturated/α-hetero) is 4. The zero-order chi connectivity index (χ0) is 113. The van der Waals surface area contributed by atoms with Gasteiger partial charge in [0.15, 0.2) is 23.1 Å². The molecule has 0 saturated carbocycles. The van der Waals surface area contributed by atoms with Crippen LogP contribution in [0.5, 0.6) is 0 Å². The molecule has 0 unspecified atom stereocenters. The number of rotatable bonds is 41. The smallest absolute Gasteiger partial charge is 0.410 e. The normalized spacial score (nSPS) is 20.6. The zero-order valence-electron chi connectivity index (χ0n) is 98.7. The first-order chi connectivity index (χ1) is 67.6. The van der Waals surface area contributed by atoms with Gasteiger partial charge in [-0.1, -0.05) is 202 Å². The molecule has 15 atom stereocenters. The standard InChI is InChI=1S/C29H45NO5.2C23H41NO5.C23H43NO4.C19H35NO3.CO2/c1-8-9-11-16-23(26(32)34-28(2,3)4)19-25(31)24-18-22(17-21-14-12-10-13-15-21)20-30(24)27(33)35-29(5,6)7;2*1-9-10-11-12-17(20(26)28-22(3,4)5)14-19(25)18-13-16(2)15-24(18)21(27)29-23(6,7)8;1-9-10-11-12-18(20(25)27-22(3,4)5)13-14-19-15-17(2)16-24(19)21(26)28-23(6,7)8;1-7-8-9-10-14(2)12-17(21)16-11-15(3)13-20(16)18(22)23-19(4,5)6;2-1-3/h10,12-15,22-24H,8-9,11,16-20H2,1-7H3;2*16-18H,9-15H2,1-8H3;17-19H,9-16H2,1-8H3;14-16H,7-13H2,1-6H3;/t22-,23-,24+;2*16-,17-,18+;17-,18-,19-;14-,15-,16+;/m11111./s1. The van der Waals surface area contributed by atoms with Crippen molar-refractivity contribution in [1.29, 1.82) is 0 Å². The van der Waals surface area contributed by atoms with E-state index in [2.05, 4.69) is 67.5 Å². The highest BCUT2D eigenvalue weighted by Crippen LogP contribution is 2.38. The predicted octanol–water partition coefficient (Wildman–Crippen LogP) is 26.8. The third-order valence-corrected chi connectivity index (χ3v) is 25.2. The van der Waals surface area contributed by atoms with Crippen LogP contribution in [0.3, 0.4) is 0 Å². The molecule has 0 radical (unpaired) electrons. The van der Waals surface area contributed by atoms with E-state index in [-0.39, 0.29) is 120 Å². The number of hydrogen-bond donors (Lipinski definition) is 0. The van der Waals surface area contributed by atoms with E-state index in [1.165, 1.54) is 34.6 Å². The summed E-state index contributed by atoms with van der Waals surface area (Å²) in [7, 11) is 0. The fourth-order valence-corrected chi connectivity index (χ4v) is 18.7. The third kappa shape index (κ3) is 59.2. The maximum atomic E-state index is 13.6. The Morgan fingerprint density at radius 3 is 0.803 bits per heavy atom. The van der Waals surface area contributed by atoms with Crippen LogP contribution in [-0.4, -0.2) is 221 Å². The molecule has 5 amide bonds. The highest BCUT2D eigenvalue weighted by Gasteiger charge is 2.48. The van der Waals surface area contributed by atoms with E-state index in [9.17, 15) is 62.3 Å². The van der Waals surface area contributed by atoms with Gasteiger partial charge in [-0.25, -0.2) is 24.0 Å². The van der Waals surface area contributed by atoms with Crippen molar-refractivity contribution >= 4 is 83.6 Å². The van der Waals surface area contributed by atoms with Gasteiger partial charge in [0.2, 0.25) is 0 Å². The number of nitrogens with zero attached hydrogens (tertiary/aromatic N) is 5. The van der Waals surface area contributed by atoms with Crippen molar-refractivity contribution < 1.29 is 115 Å². The monoisotopic (exact) mass is 2080 g/mol. The number of amides is 5. The molecule has 147 heavy (non-hydrogen) atoms. The van der Waals surface area contributed by atoms with Crippen LogP contribution in [0.1, 0.15) is 461 Å². The molecule has 0 N–H and O–H groups in total. The second-order valence-electron chi connectivity index (χ2n) is 51.4. The van der Waals surface area contributed by atoms with Crippen LogP contribution in [-0.2, 0) is 97.0 Å². The molecule has 0 spiro atoms. The first-order valence-corrected chi connectivity index (χ1v) is 55.7. The summed E-state index contributed by atoms with van der Waals surface area (Å²) in [6.07, 6.45) is 24.5. The molecule has 5 aliphatic heterocycles. The largest absolute Gasteiger partial charge is 0.460 e. The van der Waals surface area contributed by atoms with Gasteiger partial charge in [-0.3, -0.25) is 58.0 Å². The lowest BCUT2D eigenvalue weighted by molar-refractivity contribution is -0.192. The average Bonchev–Trinajstić information content (AvgIpc) is 1.67. The molecule has 0 aliphatic carbocycles. The summed E-state index contributed by atoms with van der Waals surface area (Å²) < 4.78 is 50.1. The van der Waals surface area contributed by atoms with Crippen LogP contribution in [0.4, 0.5) is 24.0 Å². The van der Waals surface area contributed by atoms with Crippen molar-refractivity contribution in [3.8, 4) is 0 Å². The van der Waals surface area contributed by atoms with Gasteiger partial charge in [-0.05, 0) is 305 Å². The molecule has 5 heterocycles. The molecule has 6 rings (SSSR count). The van der Waals surface area contributed by atoms with Crippen LogP contribution in [0.25, 0.3) is 0 Å².